The maximum absolute atomic E-state index is 12.4. The minimum absolute atomic E-state index is 0.159. The molecule has 0 amide bonds. The molecule has 0 rings (SSSR count). The molecule has 0 aromatic rings. The van der Waals surface area contributed by atoms with Crippen LogP contribution in [0.1, 0.15) is 6.92 Å². The highest BCUT2D eigenvalue weighted by molar-refractivity contribution is 7.87. The first-order valence-electron chi connectivity index (χ1n) is 3.44. The van der Waals surface area contributed by atoms with E-state index in [1.807, 2.05) is 0 Å². The van der Waals surface area contributed by atoms with E-state index in [9.17, 15) is 39.2 Å². The smallest absolute Gasteiger partial charge is 0.281 e. The summed E-state index contributed by atoms with van der Waals surface area (Å²) in [6.07, 6.45) is -3.74. The van der Waals surface area contributed by atoms with Gasteiger partial charge in [-0.25, -0.2) is 4.39 Å². The molecule has 98 valence electrons. The minimum atomic E-state index is -6.81. The highest BCUT2D eigenvalue weighted by atomic mass is 32.2. The monoisotopic (exact) mass is 278 g/mol. The molecule has 0 aliphatic carbocycles. The molecular weight excluding hydrogens is 273 g/mol. The van der Waals surface area contributed by atoms with Gasteiger partial charge >= 0.3 is 27.2 Å². The average molecular weight is 278 g/mol. The summed E-state index contributed by atoms with van der Waals surface area (Å²) >= 11 is 0. The zero-order valence-corrected chi connectivity index (χ0v) is 8.21. The molecule has 0 bridgehead atoms. The highest BCUT2D eigenvalue weighted by Gasteiger charge is 2.79. The third kappa shape index (κ3) is 1.97. The molecule has 0 radical (unpaired) electrons. The van der Waals surface area contributed by atoms with Crippen LogP contribution in [-0.2, 0) is 10.1 Å². The molecule has 0 heterocycles. The van der Waals surface area contributed by atoms with Gasteiger partial charge in [-0.2, -0.15) is 34.8 Å². The Labute approximate surface area is 85.0 Å². The quantitative estimate of drug-likeness (QED) is 0.633. The molecular formula is C5H5F7O3S. The summed E-state index contributed by atoms with van der Waals surface area (Å²) in [5, 5.41) is -6.50. The van der Waals surface area contributed by atoms with Crippen LogP contribution in [0.2, 0.25) is 0 Å². The number of halogens is 7. The molecule has 0 aromatic heterocycles. The van der Waals surface area contributed by atoms with Gasteiger partial charge in [0, 0.05) is 0 Å². The molecule has 0 saturated carbocycles. The molecule has 0 fully saturated rings. The standard InChI is InChI=1S/C5H5F7O3S/c1-2(6)3(7,8)4(9,10)5(11,12)16(13,14)15/h2H,1H3,(H,13,14,15). The van der Waals surface area contributed by atoms with E-state index in [0.29, 0.717) is 0 Å². The second-order valence-electron chi connectivity index (χ2n) is 2.81. The lowest BCUT2D eigenvalue weighted by molar-refractivity contribution is -0.297. The van der Waals surface area contributed by atoms with Gasteiger partial charge in [-0.1, -0.05) is 0 Å². The van der Waals surface area contributed by atoms with Crippen molar-refractivity contribution in [3.05, 3.63) is 0 Å². The van der Waals surface area contributed by atoms with Crippen LogP contribution in [-0.4, -0.2) is 36.2 Å². The summed E-state index contributed by atoms with van der Waals surface area (Å²) in [5.41, 5.74) is 0. The Kier molecular flexibility index (Phi) is 3.59. The Balaban J connectivity index is 5.72. The normalized spacial score (nSPS) is 17.3. The summed E-state index contributed by atoms with van der Waals surface area (Å²) in [7, 11) is -6.81. The second-order valence-corrected chi connectivity index (χ2v) is 4.27. The Morgan fingerprint density at radius 2 is 1.38 bits per heavy atom. The topological polar surface area (TPSA) is 54.4 Å². The number of hydrogen-bond donors (Lipinski definition) is 1. The van der Waals surface area contributed by atoms with Crippen LogP contribution in [0.4, 0.5) is 30.7 Å². The van der Waals surface area contributed by atoms with Gasteiger partial charge in [0.1, 0.15) is 0 Å². The predicted molar refractivity (Wildman–Crippen MR) is 37.0 cm³/mol. The van der Waals surface area contributed by atoms with Crippen LogP contribution in [0.5, 0.6) is 0 Å². The third-order valence-corrected chi connectivity index (χ3v) is 2.51. The second kappa shape index (κ2) is 3.72. The van der Waals surface area contributed by atoms with Gasteiger partial charge in [-0.3, -0.25) is 4.55 Å². The molecule has 0 saturated heterocycles. The SMILES string of the molecule is CC(F)C(F)(F)C(F)(F)C(F)(F)S(=O)(=O)O. The van der Waals surface area contributed by atoms with Gasteiger partial charge in [-0.05, 0) is 6.92 Å². The van der Waals surface area contributed by atoms with Crippen molar-refractivity contribution in [1.29, 1.82) is 0 Å². The van der Waals surface area contributed by atoms with E-state index >= 15 is 0 Å². The molecule has 3 nitrogen and oxygen atoms in total. The van der Waals surface area contributed by atoms with Crippen molar-refractivity contribution in [3.8, 4) is 0 Å². The van der Waals surface area contributed by atoms with Gasteiger partial charge in [-0.15, -0.1) is 0 Å². The molecule has 0 aliphatic heterocycles. The summed E-state index contributed by atoms with van der Waals surface area (Å²) < 4.78 is 114. The maximum atomic E-state index is 12.4. The van der Waals surface area contributed by atoms with E-state index in [0.717, 1.165) is 0 Å². The number of hydrogen-bond acceptors (Lipinski definition) is 2. The first kappa shape index (κ1) is 15.4. The van der Waals surface area contributed by atoms with Crippen molar-refractivity contribution in [2.24, 2.45) is 0 Å². The van der Waals surface area contributed by atoms with Crippen LogP contribution >= 0.6 is 0 Å². The van der Waals surface area contributed by atoms with Gasteiger partial charge in [0.05, 0.1) is 0 Å². The lowest BCUT2D eigenvalue weighted by Gasteiger charge is -2.31. The predicted octanol–water partition coefficient (Wildman–Crippen LogP) is 2.10. The Morgan fingerprint density at radius 1 is 1.06 bits per heavy atom. The van der Waals surface area contributed by atoms with Crippen LogP contribution in [0.15, 0.2) is 0 Å². The van der Waals surface area contributed by atoms with E-state index in [1.54, 1.807) is 0 Å². The molecule has 11 heteroatoms. The van der Waals surface area contributed by atoms with Crippen molar-refractivity contribution in [2.75, 3.05) is 0 Å². The first-order chi connectivity index (χ1) is 6.69. The summed E-state index contributed by atoms with van der Waals surface area (Å²) in [5.74, 6) is -12.5. The number of rotatable bonds is 4. The Morgan fingerprint density at radius 3 is 1.56 bits per heavy atom. The molecule has 1 N–H and O–H groups in total. The van der Waals surface area contributed by atoms with Crippen molar-refractivity contribution in [3.63, 3.8) is 0 Å². The van der Waals surface area contributed by atoms with E-state index in [4.69, 9.17) is 4.55 Å². The largest absolute Gasteiger partial charge is 0.438 e. The summed E-state index contributed by atoms with van der Waals surface area (Å²) in [6.45, 7) is -0.159. The minimum Gasteiger partial charge on any atom is -0.281 e. The summed E-state index contributed by atoms with van der Waals surface area (Å²) in [6, 6.07) is 0. The van der Waals surface area contributed by atoms with Crippen molar-refractivity contribution in [2.45, 2.75) is 30.2 Å². The molecule has 0 aromatic carbocycles. The van der Waals surface area contributed by atoms with Gasteiger partial charge in [0.25, 0.3) is 0 Å². The van der Waals surface area contributed by atoms with Crippen LogP contribution in [0.25, 0.3) is 0 Å². The lowest BCUT2D eigenvalue weighted by Crippen LogP contribution is -2.60. The molecule has 1 atom stereocenters. The van der Waals surface area contributed by atoms with Crippen molar-refractivity contribution < 1.29 is 43.7 Å². The van der Waals surface area contributed by atoms with E-state index in [1.165, 1.54) is 0 Å². The number of alkyl halides is 7. The van der Waals surface area contributed by atoms with Gasteiger partial charge < -0.3 is 0 Å². The third-order valence-electron chi connectivity index (χ3n) is 1.61. The van der Waals surface area contributed by atoms with Gasteiger partial charge in [0.2, 0.25) is 0 Å². The molecule has 0 spiro atoms. The maximum Gasteiger partial charge on any atom is 0.438 e. The fourth-order valence-corrected chi connectivity index (χ4v) is 1.07. The average Bonchev–Trinajstić information content (AvgIpc) is 2.00. The lowest BCUT2D eigenvalue weighted by atomic mass is 10.1. The van der Waals surface area contributed by atoms with Crippen LogP contribution < -0.4 is 0 Å². The van der Waals surface area contributed by atoms with Crippen LogP contribution in [0, 0.1) is 0 Å². The zero-order chi connectivity index (χ0) is 13.6. The zero-order valence-electron chi connectivity index (χ0n) is 7.40. The van der Waals surface area contributed by atoms with Crippen LogP contribution in [0.3, 0.4) is 0 Å². The molecule has 1 unspecified atom stereocenters. The first-order valence-corrected chi connectivity index (χ1v) is 4.88. The van der Waals surface area contributed by atoms with Crippen molar-refractivity contribution in [1.82, 2.24) is 0 Å². The van der Waals surface area contributed by atoms with E-state index in [-0.39, 0.29) is 6.92 Å². The molecule has 0 aliphatic rings. The fourth-order valence-electron chi connectivity index (χ4n) is 0.606. The fraction of sp³-hybridized carbons (Fsp3) is 1.00. The molecule has 16 heavy (non-hydrogen) atoms. The summed E-state index contributed by atoms with van der Waals surface area (Å²) in [4.78, 5) is 0. The highest BCUT2D eigenvalue weighted by Crippen LogP contribution is 2.49. The Hall–Kier alpha value is -0.580. The van der Waals surface area contributed by atoms with Crippen molar-refractivity contribution >= 4 is 10.1 Å². The van der Waals surface area contributed by atoms with Gasteiger partial charge in [0.15, 0.2) is 6.17 Å². The van der Waals surface area contributed by atoms with E-state index < -0.39 is 33.4 Å². The van der Waals surface area contributed by atoms with E-state index in [2.05, 4.69) is 0 Å². The Bertz CT molecular complexity index is 360.